The summed E-state index contributed by atoms with van der Waals surface area (Å²) in [6.07, 6.45) is -3.19. The van der Waals surface area contributed by atoms with Crippen LogP contribution in [0.4, 0.5) is 0 Å². The van der Waals surface area contributed by atoms with Crippen LogP contribution in [0.15, 0.2) is 11.6 Å². The molecule has 0 aromatic carbocycles. The average molecular weight is 1140 g/mol. The highest BCUT2D eigenvalue weighted by atomic mass is 16.7. The van der Waals surface area contributed by atoms with E-state index in [1.807, 2.05) is 57.7 Å². The molecule has 8 unspecified atom stereocenters. The van der Waals surface area contributed by atoms with Gasteiger partial charge in [0, 0.05) is 70.1 Å². The third-order valence-corrected chi connectivity index (χ3v) is 21.7. The number of ether oxygens (including phenoxy) is 7. The monoisotopic (exact) mass is 1140 g/mol. The van der Waals surface area contributed by atoms with E-state index in [0.29, 0.717) is 45.2 Å². The Bertz CT molecular complexity index is 2180. The van der Waals surface area contributed by atoms with E-state index < -0.39 is 113 Å². The van der Waals surface area contributed by atoms with Gasteiger partial charge in [0.25, 0.3) is 5.91 Å². The minimum absolute atomic E-state index is 0.00300. The number of rotatable bonds is 13. The predicted molar refractivity (Wildman–Crippen MR) is 299 cm³/mol. The van der Waals surface area contributed by atoms with Gasteiger partial charge >= 0.3 is 5.97 Å². The van der Waals surface area contributed by atoms with Gasteiger partial charge in [0.1, 0.15) is 30.0 Å². The molecule has 3 aliphatic heterocycles. The Morgan fingerprint density at radius 3 is 2.20 bits per heavy atom. The Morgan fingerprint density at radius 2 is 1.56 bits per heavy atom. The van der Waals surface area contributed by atoms with Crippen LogP contribution in [0.2, 0.25) is 0 Å². The average Bonchev–Trinajstić information content (AvgIpc) is 3.35. The van der Waals surface area contributed by atoms with Crippen molar-refractivity contribution in [3.05, 3.63) is 11.6 Å². The Hall–Kier alpha value is -2.21. The van der Waals surface area contributed by atoms with Crippen molar-refractivity contribution in [2.45, 2.75) is 262 Å². The van der Waals surface area contributed by atoms with Gasteiger partial charge < -0.3 is 74.0 Å². The molecule has 3 saturated carbocycles. The van der Waals surface area contributed by atoms with E-state index in [2.05, 4.69) is 19.2 Å². The van der Waals surface area contributed by atoms with E-state index in [-0.39, 0.29) is 78.7 Å². The molecule has 6 fully saturated rings. The van der Waals surface area contributed by atoms with Crippen LogP contribution in [0.1, 0.15) is 160 Å². The maximum absolute atomic E-state index is 14.8. The fourth-order valence-corrected chi connectivity index (χ4v) is 17.0. The Labute approximate surface area is 477 Å². The lowest BCUT2D eigenvalue weighted by Gasteiger charge is -2.60. The van der Waals surface area contributed by atoms with Crippen molar-refractivity contribution in [3.8, 4) is 0 Å². The summed E-state index contributed by atoms with van der Waals surface area (Å²) in [7, 11) is 6.85. The maximum atomic E-state index is 14.8. The number of carbonyl (C=O) groups excluding carboxylic acids is 3. The van der Waals surface area contributed by atoms with Crippen molar-refractivity contribution < 1.29 is 78.2 Å². The van der Waals surface area contributed by atoms with Crippen molar-refractivity contribution in [2.24, 2.45) is 46.3 Å². The molecule has 1 amide bonds. The van der Waals surface area contributed by atoms with Crippen LogP contribution in [-0.2, 0) is 47.5 Å². The number of methoxy groups -OCH3 is 2. The van der Waals surface area contributed by atoms with Gasteiger partial charge in [-0.05, 0) is 162 Å². The number of hydrogen-bond acceptors (Lipinski definition) is 18. The molecule has 19 heteroatoms. The Balaban J connectivity index is 1.15. The molecule has 0 radical (unpaired) electrons. The molecule has 7 rings (SSSR count). The maximum Gasteiger partial charge on any atom is 0.311 e. The van der Waals surface area contributed by atoms with Crippen LogP contribution < -0.4 is 5.32 Å². The minimum Gasteiger partial charge on any atom is -0.459 e. The van der Waals surface area contributed by atoms with Crippen molar-refractivity contribution in [1.82, 2.24) is 15.1 Å². The number of nitrogens with one attached hydrogen (secondary N) is 1. The number of allylic oxidation sites excluding steroid dienone is 1. The molecule has 80 heavy (non-hydrogen) atoms. The molecule has 3 heterocycles. The highest BCUT2D eigenvalue weighted by molar-refractivity contribution is 5.91. The van der Waals surface area contributed by atoms with Gasteiger partial charge in [0.2, 0.25) is 0 Å². The zero-order valence-electron chi connectivity index (χ0n) is 51.3. The SMILES string of the molecule is CC[C@H]1OC(=O)[C@H](C)[C@@H](OC2C[C@](C)(OC)[C@H](O)C(C)O2)[C@H](C)C(OC2OC(C)C[C@@H](N(C)C)[C@H]2O)[C@](C)(O)C[C@@H](C)CN(CCCNC(=O)[C@@]2(OC)CCC3C4CCC5=CC(=O)CC[C@]5(C)C4[C@@H](O)C[C@@]32C)[C@H](C)[C@@H](O)[C@]1(C)O. The number of ketones is 1. The third-order valence-electron chi connectivity index (χ3n) is 21.7. The van der Waals surface area contributed by atoms with Gasteiger partial charge in [-0.3, -0.25) is 19.3 Å². The lowest BCUT2D eigenvalue weighted by Crippen LogP contribution is -2.64. The highest BCUT2D eigenvalue weighted by Crippen LogP contribution is 2.68. The van der Waals surface area contributed by atoms with E-state index in [0.717, 1.165) is 31.3 Å². The molecule has 19 nitrogen and oxygen atoms in total. The summed E-state index contributed by atoms with van der Waals surface area (Å²) in [5.74, 6) is -2.73. The highest BCUT2D eigenvalue weighted by Gasteiger charge is 2.69. The summed E-state index contributed by atoms with van der Waals surface area (Å²) in [4.78, 5) is 46.0. The van der Waals surface area contributed by atoms with Crippen molar-refractivity contribution in [3.63, 3.8) is 0 Å². The summed E-state index contributed by atoms with van der Waals surface area (Å²) < 4.78 is 44.8. The summed E-state index contributed by atoms with van der Waals surface area (Å²) in [5.41, 5.74) is -5.67. The van der Waals surface area contributed by atoms with E-state index in [1.165, 1.54) is 14.0 Å². The summed E-state index contributed by atoms with van der Waals surface area (Å²) in [6, 6.07) is -1.07. The first kappa shape index (κ1) is 65.3. The molecular formula is C61H105N3O16. The molecular weight excluding hydrogens is 1030 g/mol. The number of aliphatic hydroxyl groups excluding tert-OH is 4. The molecule has 4 aliphatic carbocycles. The lowest BCUT2D eigenvalue weighted by molar-refractivity contribution is -0.318. The number of likely N-dealkylation sites (N-methyl/N-ethyl adjacent to an activating group) is 1. The zero-order valence-corrected chi connectivity index (χ0v) is 51.3. The number of amides is 1. The van der Waals surface area contributed by atoms with Crippen molar-refractivity contribution in [1.29, 1.82) is 0 Å². The first-order valence-electron chi connectivity index (χ1n) is 30.3. The molecule has 7 aliphatic rings. The molecule has 0 aromatic rings. The number of hydrogen-bond donors (Lipinski definition) is 7. The number of fused-ring (bicyclic) bond motifs is 5. The van der Waals surface area contributed by atoms with Crippen LogP contribution in [0.5, 0.6) is 0 Å². The van der Waals surface area contributed by atoms with Crippen LogP contribution in [0.3, 0.4) is 0 Å². The van der Waals surface area contributed by atoms with Crippen LogP contribution in [0.25, 0.3) is 0 Å². The summed E-state index contributed by atoms with van der Waals surface area (Å²) >= 11 is 0. The standard InChI is InChI=1S/C61H105N3O16/c1-17-45-60(12,73)50(68)37(6)64(26-18-25-62-55(71)61(75-16)24-22-42-41-20-19-39-28-40(65)21-23-56(39,8)47(41)44(66)30-57(42,61)9)32-33(2)29-58(10,72)52(80-54-48(67)43(63(13)14)27-34(3)76-54)35(4)49(36(5)53(70)78-45)79-46-31-59(11,74-15)51(69)38(7)77-46/h28,33-38,41-52,54,66-69,72-73H,17-27,29-32H2,1-16H3,(H,62,71)/t33-,34?,35+,36-,37-,38?,41?,42?,43-,44+,45-,46?,47?,48-,49+,50-,51-,52?,54?,56+,57+,58-,59+,60-,61+/m1/s1. The van der Waals surface area contributed by atoms with Crippen LogP contribution in [-0.4, -0.2) is 208 Å². The van der Waals surface area contributed by atoms with E-state index in [1.54, 1.807) is 41.7 Å². The Kier molecular flexibility index (Phi) is 20.4. The molecule has 0 spiro atoms. The van der Waals surface area contributed by atoms with Gasteiger partial charge in [-0.15, -0.1) is 0 Å². The normalized spacial score (nSPS) is 49.1. The van der Waals surface area contributed by atoms with Gasteiger partial charge in [0.05, 0.1) is 47.6 Å². The largest absolute Gasteiger partial charge is 0.459 e. The number of aliphatic hydroxyl groups is 6. The van der Waals surface area contributed by atoms with E-state index in [9.17, 15) is 45.0 Å². The number of esters is 1. The Morgan fingerprint density at radius 1 is 0.875 bits per heavy atom. The fraction of sp³-hybridized carbons (Fsp3) is 0.918. The molecule has 0 aromatic heterocycles. The second kappa shape index (κ2) is 25.0. The number of nitrogens with zero attached hydrogens (tertiary/aromatic N) is 2. The van der Waals surface area contributed by atoms with E-state index in [4.69, 9.17) is 33.2 Å². The smallest absolute Gasteiger partial charge is 0.311 e. The number of carbonyl (C=O) groups is 3. The summed E-state index contributed by atoms with van der Waals surface area (Å²) in [5, 5.41) is 76.2. The van der Waals surface area contributed by atoms with Gasteiger partial charge in [-0.25, -0.2) is 0 Å². The third kappa shape index (κ3) is 12.3. The molecule has 3 saturated heterocycles. The fourth-order valence-electron chi connectivity index (χ4n) is 17.0. The van der Waals surface area contributed by atoms with Gasteiger partial charge in [-0.1, -0.05) is 40.2 Å². The first-order valence-corrected chi connectivity index (χ1v) is 30.3. The number of cyclic esters (lactones) is 1. The molecule has 25 atom stereocenters. The molecule has 0 bridgehead atoms. The second-order valence-electron chi connectivity index (χ2n) is 27.5. The van der Waals surface area contributed by atoms with Crippen LogP contribution >= 0.6 is 0 Å². The minimum atomic E-state index is -1.96. The molecule has 7 N–H and O–H groups in total. The lowest BCUT2D eigenvalue weighted by atomic mass is 9.45. The zero-order chi connectivity index (χ0) is 59.4. The van der Waals surface area contributed by atoms with Gasteiger partial charge in [-0.2, -0.15) is 0 Å². The topological polar surface area (TPSA) is 256 Å². The molecule has 460 valence electrons. The predicted octanol–water partition coefficient (Wildman–Crippen LogP) is 4.67. The second-order valence-corrected chi connectivity index (χ2v) is 27.5. The van der Waals surface area contributed by atoms with Crippen LogP contribution in [0, 0.1) is 46.3 Å². The summed E-state index contributed by atoms with van der Waals surface area (Å²) in [6.45, 7) is 22.8. The quantitative estimate of drug-likeness (QED) is 0.0978. The van der Waals surface area contributed by atoms with Crippen molar-refractivity contribution in [2.75, 3.05) is 47.9 Å². The van der Waals surface area contributed by atoms with Crippen molar-refractivity contribution >= 4 is 17.7 Å². The van der Waals surface area contributed by atoms with E-state index >= 15 is 0 Å². The van der Waals surface area contributed by atoms with Gasteiger partial charge in [0.15, 0.2) is 24.0 Å². The first-order chi connectivity index (χ1) is 37.3.